The maximum atomic E-state index is 13.3. The van der Waals surface area contributed by atoms with Gasteiger partial charge in [-0.3, -0.25) is 4.79 Å². The fraction of sp³-hybridized carbons (Fsp3) is 0.125. The summed E-state index contributed by atoms with van der Waals surface area (Å²) in [5.41, 5.74) is 2.15. The van der Waals surface area contributed by atoms with Gasteiger partial charge in [-0.25, -0.2) is 4.98 Å². The highest BCUT2D eigenvalue weighted by atomic mass is 32.1. The Kier molecular flexibility index (Phi) is 6.24. The highest BCUT2D eigenvalue weighted by Crippen LogP contribution is 2.32. The maximum Gasteiger partial charge on any atom is 0.280 e. The quantitative estimate of drug-likeness (QED) is 0.291. The first-order valence-corrected chi connectivity index (χ1v) is 10.6. The first kappa shape index (κ1) is 20.6. The third-order valence-electron chi connectivity index (χ3n) is 4.49. The lowest BCUT2D eigenvalue weighted by Gasteiger charge is -2.14. The molecule has 156 valence electrons. The lowest BCUT2D eigenvalue weighted by molar-refractivity contribution is 0.0988. The zero-order chi connectivity index (χ0) is 21.6. The van der Waals surface area contributed by atoms with Crippen molar-refractivity contribution in [2.75, 3.05) is 18.7 Å². The molecule has 0 fully saturated rings. The summed E-state index contributed by atoms with van der Waals surface area (Å²) in [6.45, 7) is 2.48. The van der Waals surface area contributed by atoms with Gasteiger partial charge < -0.3 is 9.47 Å². The van der Waals surface area contributed by atoms with Gasteiger partial charge in [-0.15, -0.1) is 0 Å². The van der Waals surface area contributed by atoms with Crippen LogP contribution >= 0.6 is 11.3 Å². The number of anilines is 1. The minimum absolute atomic E-state index is 0.277. The Morgan fingerprint density at radius 2 is 1.81 bits per heavy atom. The van der Waals surface area contributed by atoms with Crippen LogP contribution in [-0.2, 0) is 0 Å². The Balaban J connectivity index is 1.72. The Morgan fingerprint density at radius 1 is 1.06 bits per heavy atom. The van der Waals surface area contributed by atoms with Crippen LogP contribution in [0, 0.1) is 0 Å². The first-order valence-electron chi connectivity index (χ1n) is 9.79. The van der Waals surface area contributed by atoms with Gasteiger partial charge in [0.15, 0.2) is 0 Å². The first-order chi connectivity index (χ1) is 15.2. The van der Waals surface area contributed by atoms with Crippen LogP contribution in [0.15, 0.2) is 77.9 Å². The Hall–Kier alpha value is -3.71. The second kappa shape index (κ2) is 9.40. The third kappa shape index (κ3) is 4.73. The van der Waals surface area contributed by atoms with E-state index in [4.69, 9.17) is 9.47 Å². The van der Waals surface area contributed by atoms with Crippen molar-refractivity contribution in [1.82, 2.24) is 4.98 Å². The van der Waals surface area contributed by atoms with Crippen LogP contribution in [0.2, 0.25) is 0 Å². The highest BCUT2D eigenvalue weighted by Gasteiger charge is 2.21. The van der Waals surface area contributed by atoms with E-state index in [1.54, 1.807) is 37.6 Å². The molecule has 3 aromatic carbocycles. The van der Waals surface area contributed by atoms with Crippen LogP contribution in [0.3, 0.4) is 0 Å². The Bertz CT molecular complexity index is 1200. The molecular weight excluding hydrogens is 410 g/mol. The molecule has 0 saturated carbocycles. The lowest BCUT2D eigenvalue weighted by Crippen LogP contribution is -2.25. The van der Waals surface area contributed by atoms with E-state index in [0.29, 0.717) is 23.1 Å². The van der Waals surface area contributed by atoms with E-state index in [2.05, 4.69) is 10.1 Å². The van der Waals surface area contributed by atoms with Crippen molar-refractivity contribution in [3.8, 4) is 11.5 Å². The number of thiazole rings is 1. The molecule has 7 heteroatoms. The van der Waals surface area contributed by atoms with E-state index in [-0.39, 0.29) is 5.91 Å². The summed E-state index contributed by atoms with van der Waals surface area (Å²) in [4.78, 5) is 18.0. The molecule has 4 aromatic rings. The summed E-state index contributed by atoms with van der Waals surface area (Å²) in [5.74, 6) is 1.17. The van der Waals surface area contributed by atoms with Crippen molar-refractivity contribution in [2.45, 2.75) is 6.92 Å². The number of hydrogen-bond acceptors (Lipinski definition) is 6. The number of carbonyl (C=O) groups excluding carboxylic acids is 1. The zero-order valence-electron chi connectivity index (χ0n) is 17.2. The lowest BCUT2D eigenvalue weighted by atomic mass is 10.2. The van der Waals surface area contributed by atoms with Gasteiger partial charge in [-0.05, 0) is 55.0 Å². The second-order valence-electron chi connectivity index (χ2n) is 6.56. The van der Waals surface area contributed by atoms with Gasteiger partial charge in [0, 0.05) is 5.56 Å². The molecule has 0 radical (unpaired) electrons. The average molecular weight is 432 g/mol. The summed E-state index contributed by atoms with van der Waals surface area (Å²) >= 11 is 1.38. The van der Waals surface area contributed by atoms with Crippen LogP contribution in [0.4, 0.5) is 5.13 Å². The van der Waals surface area contributed by atoms with Gasteiger partial charge in [0.05, 0.1) is 30.1 Å². The SMILES string of the molecule is CCOc1ccc(C(=O)N(/N=C/c2ccccc2)c2nc3ccc(OC)cc3s2)cc1. The van der Waals surface area contributed by atoms with Crippen LogP contribution < -0.4 is 14.5 Å². The summed E-state index contributed by atoms with van der Waals surface area (Å²) in [5, 5.41) is 6.30. The average Bonchev–Trinajstić information content (AvgIpc) is 3.23. The molecule has 0 saturated heterocycles. The largest absolute Gasteiger partial charge is 0.497 e. The Morgan fingerprint density at radius 3 is 2.52 bits per heavy atom. The molecule has 0 unspecified atom stereocenters. The van der Waals surface area contributed by atoms with Gasteiger partial charge in [-0.2, -0.15) is 10.1 Å². The predicted octanol–water partition coefficient (Wildman–Crippen LogP) is 5.38. The second-order valence-corrected chi connectivity index (χ2v) is 7.57. The van der Waals surface area contributed by atoms with Crippen molar-refractivity contribution >= 4 is 38.8 Å². The fourth-order valence-corrected chi connectivity index (χ4v) is 3.90. The summed E-state index contributed by atoms with van der Waals surface area (Å²) in [7, 11) is 1.62. The monoisotopic (exact) mass is 431 g/mol. The minimum atomic E-state index is -0.277. The van der Waals surface area contributed by atoms with E-state index < -0.39 is 0 Å². The van der Waals surface area contributed by atoms with E-state index in [0.717, 1.165) is 21.5 Å². The smallest absolute Gasteiger partial charge is 0.280 e. The number of carbonyl (C=O) groups is 1. The van der Waals surface area contributed by atoms with Crippen molar-refractivity contribution in [1.29, 1.82) is 0 Å². The predicted molar refractivity (Wildman–Crippen MR) is 125 cm³/mol. The topological polar surface area (TPSA) is 64.0 Å². The normalized spacial score (nSPS) is 11.0. The number of hydrazone groups is 1. The fourth-order valence-electron chi connectivity index (χ4n) is 2.95. The number of rotatable bonds is 7. The molecule has 0 aliphatic rings. The molecule has 1 amide bonds. The minimum Gasteiger partial charge on any atom is -0.497 e. The van der Waals surface area contributed by atoms with Crippen LogP contribution in [0.25, 0.3) is 10.2 Å². The highest BCUT2D eigenvalue weighted by molar-refractivity contribution is 7.22. The van der Waals surface area contributed by atoms with Crippen molar-refractivity contribution < 1.29 is 14.3 Å². The van der Waals surface area contributed by atoms with Crippen LogP contribution in [0.1, 0.15) is 22.8 Å². The number of nitrogens with zero attached hydrogens (tertiary/aromatic N) is 3. The Labute approximate surface area is 184 Å². The standard InChI is InChI=1S/C24H21N3O3S/c1-3-30-19-11-9-18(10-12-19)23(28)27(25-16-17-7-5-4-6-8-17)24-26-21-14-13-20(29-2)15-22(21)31-24/h4-16H,3H2,1-2H3/b25-16+. The molecule has 0 atom stereocenters. The molecule has 31 heavy (non-hydrogen) atoms. The van der Waals surface area contributed by atoms with Gasteiger partial charge >= 0.3 is 0 Å². The van der Waals surface area contributed by atoms with E-state index >= 15 is 0 Å². The number of benzene rings is 3. The zero-order valence-corrected chi connectivity index (χ0v) is 18.0. The molecule has 0 N–H and O–H groups in total. The number of methoxy groups -OCH3 is 1. The van der Waals surface area contributed by atoms with Gasteiger partial charge in [0.2, 0.25) is 5.13 Å². The van der Waals surface area contributed by atoms with Crippen molar-refractivity contribution in [3.05, 3.63) is 83.9 Å². The van der Waals surface area contributed by atoms with E-state index in [1.807, 2.05) is 55.5 Å². The van der Waals surface area contributed by atoms with Crippen molar-refractivity contribution in [3.63, 3.8) is 0 Å². The molecule has 1 heterocycles. The number of amides is 1. The number of ether oxygens (including phenoxy) is 2. The molecule has 1 aromatic heterocycles. The summed E-state index contributed by atoms with van der Waals surface area (Å²) in [6, 6.07) is 22.2. The molecule has 6 nitrogen and oxygen atoms in total. The molecule has 0 bridgehead atoms. The van der Waals surface area contributed by atoms with Gasteiger partial charge in [0.25, 0.3) is 5.91 Å². The van der Waals surface area contributed by atoms with Gasteiger partial charge in [0.1, 0.15) is 11.5 Å². The molecular formula is C24H21N3O3S. The summed E-state index contributed by atoms with van der Waals surface area (Å²) < 4.78 is 11.7. The summed E-state index contributed by atoms with van der Waals surface area (Å²) in [6.07, 6.45) is 1.65. The van der Waals surface area contributed by atoms with Gasteiger partial charge in [-0.1, -0.05) is 41.7 Å². The number of fused-ring (bicyclic) bond motifs is 1. The van der Waals surface area contributed by atoms with Crippen LogP contribution in [0.5, 0.6) is 11.5 Å². The maximum absolute atomic E-state index is 13.3. The number of hydrogen-bond donors (Lipinski definition) is 0. The third-order valence-corrected chi connectivity index (χ3v) is 5.49. The van der Waals surface area contributed by atoms with Crippen LogP contribution in [-0.4, -0.2) is 30.8 Å². The van der Waals surface area contributed by atoms with E-state index in [9.17, 15) is 4.79 Å². The molecule has 0 aliphatic carbocycles. The molecule has 4 rings (SSSR count). The van der Waals surface area contributed by atoms with E-state index in [1.165, 1.54) is 16.3 Å². The molecule has 0 aliphatic heterocycles. The number of aromatic nitrogens is 1. The molecule has 0 spiro atoms. The van der Waals surface area contributed by atoms with Crippen molar-refractivity contribution in [2.24, 2.45) is 5.10 Å².